The van der Waals surface area contributed by atoms with Gasteiger partial charge < -0.3 is 4.90 Å². The molecule has 2 heteroatoms. The summed E-state index contributed by atoms with van der Waals surface area (Å²) in [4.78, 5) is 2.63. The second-order valence-electron chi connectivity index (χ2n) is 7.31. The predicted molar refractivity (Wildman–Crippen MR) is 93.3 cm³/mol. The minimum atomic E-state index is 0.187. The Labute approximate surface area is 135 Å². The van der Waals surface area contributed by atoms with Crippen LogP contribution in [0.25, 0.3) is 0 Å². The molecule has 1 aromatic rings. The maximum Gasteiger partial charge on any atom is 0.168 e. The predicted octanol–water partition coefficient (Wildman–Crippen LogP) is 4.21. The molecule has 0 bridgehead atoms. The molecule has 2 nitrogen and oxygen atoms in total. The molecule has 0 aromatic heterocycles. The van der Waals surface area contributed by atoms with Crippen molar-refractivity contribution in [2.45, 2.75) is 58.0 Å². The van der Waals surface area contributed by atoms with Gasteiger partial charge >= 0.3 is 0 Å². The van der Waals surface area contributed by atoms with Crippen LogP contribution < -0.4 is 0 Å². The van der Waals surface area contributed by atoms with Crippen LogP contribution in [-0.4, -0.2) is 34.3 Å². The molecule has 0 atom stereocenters. The molecule has 3 rings (SSSR count). The van der Waals surface area contributed by atoms with Crippen molar-refractivity contribution in [1.82, 2.24) is 4.90 Å². The summed E-state index contributed by atoms with van der Waals surface area (Å²) in [5.41, 5.74) is 3.11. The van der Waals surface area contributed by atoms with Gasteiger partial charge in [-0.3, -0.25) is 0 Å². The highest BCUT2D eigenvalue weighted by atomic mass is 15.2. The quantitative estimate of drug-likeness (QED) is 0.757. The van der Waals surface area contributed by atoms with Crippen LogP contribution in [0.3, 0.4) is 0 Å². The summed E-state index contributed by atoms with van der Waals surface area (Å²) in [6, 6.07) is 10.8. The lowest BCUT2D eigenvalue weighted by Crippen LogP contribution is -2.42. The zero-order chi connectivity index (χ0) is 15.4. The van der Waals surface area contributed by atoms with E-state index in [1.165, 1.54) is 50.0 Å². The van der Waals surface area contributed by atoms with Gasteiger partial charge in [0.15, 0.2) is 18.3 Å². The van der Waals surface area contributed by atoms with Crippen LogP contribution in [0, 0.1) is 0 Å². The molecule has 1 saturated heterocycles. The average molecular weight is 297 g/mol. The molecule has 0 aliphatic carbocycles. The summed E-state index contributed by atoms with van der Waals surface area (Å²) in [7, 11) is 0. The van der Waals surface area contributed by atoms with Gasteiger partial charge in [0.05, 0.1) is 6.42 Å². The largest absolute Gasteiger partial charge is 0.374 e. The van der Waals surface area contributed by atoms with Crippen molar-refractivity contribution in [2.24, 2.45) is 0 Å². The average Bonchev–Trinajstić information content (AvgIpc) is 2.79. The Morgan fingerprint density at radius 3 is 2.32 bits per heavy atom. The number of likely N-dealkylation sites (tertiary alicyclic amines) is 1. The van der Waals surface area contributed by atoms with Gasteiger partial charge in [0.25, 0.3) is 0 Å². The van der Waals surface area contributed by atoms with Gasteiger partial charge in [-0.2, -0.15) is 0 Å². The van der Waals surface area contributed by atoms with E-state index in [4.69, 9.17) is 0 Å². The van der Waals surface area contributed by atoms with Crippen LogP contribution in [0.15, 0.2) is 42.1 Å². The van der Waals surface area contributed by atoms with Gasteiger partial charge in [0, 0.05) is 44.3 Å². The minimum absolute atomic E-state index is 0.187. The van der Waals surface area contributed by atoms with E-state index in [9.17, 15) is 0 Å². The Hall–Kier alpha value is -1.57. The molecule has 0 amide bonds. The van der Waals surface area contributed by atoms with Crippen LogP contribution in [0.4, 0.5) is 0 Å². The maximum absolute atomic E-state index is 2.63. The topological polar surface area (TPSA) is 6.25 Å². The van der Waals surface area contributed by atoms with Crippen molar-refractivity contribution < 1.29 is 4.58 Å². The molecular weight excluding hydrogens is 268 g/mol. The van der Waals surface area contributed by atoms with E-state index in [0.29, 0.717) is 0 Å². The van der Waals surface area contributed by atoms with Gasteiger partial charge in [0.1, 0.15) is 0 Å². The van der Waals surface area contributed by atoms with Crippen LogP contribution in [0.2, 0.25) is 0 Å². The lowest BCUT2D eigenvalue weighted by molar-refractivity contribution is -0.612. The van der Waals surface area contributed by atoms with Gasteiger partial charge in [0.2, 0.25) is 0 Å². The van der Waals surface area contributed by atoms with Crippen molar-refractivity contribution in [3.8, 4) is 0 Å². The van der Waals surface area contributed by atoms with E-state index in [0.717, 1.165) is 13.0 Å². The monoisotopic (exact) mass is 297 g/mol. The fourth-order valence-corrected chi connectivity index (χ4v) is 3.60. The fourth-order valence-electron chi connectivity index (χ4n) is 3.60. The molecule has 118 valence electrons. The first kappa shape index (κ1) is 15.3. The summed E-state index contributed by atoms with van der Waals surface area (Å²) in [5, 5.41) is 0. The van der Waals surface area contributed by atoms with E-state index in [2.05, 4.69) is 65.9 Å². The highest BCUT2D eigenvalue weighted by Gasteiger charge is 2.35. The summed E-state index contributed by atoms with van der Waals surface area (Å²) in [5.74, 6) is 0. The Bertz CT molecular complexity index is 546. The lowest BCUT2D eigenvalue weighted by atomic mass is 9.93. The maximum atomic E-state index is 2.63. The molecule has 0 unspecified atom stereocenters. The minimum Gasteiger partial charge on any atom is -0.374 e. The number of allylic oxidation sites excluding steroid dienone is 1. The zero-order valence-corrected chi connectivity index (χ0v) is 14.1. The number of hydrogen-bond acceptors (Lipinski definition) is 1. The molecule has 2 heterocycles. The van der Waals surface area contributed by atoms with Crippen LogP contribution in [0.1, 0.15) is 51.5 Å². The number of rotatable bonds is 3. The molecule has 2 aliphatic rings. The molecule has 1 fully saturated rings. The summed E-state index contributed by atoms with van der Waals surface area (Å²) >= 11 is 0. The second-order valence-corrected chi connectivity index (χ2v) is 7.31. The van der Waals surface area contributed by atoms with Crippen molar-refractivity contribution in [2.75, 3.05) is 13.1 Å². The van der Waals surface area contributed by atoms with Crippen molar-refractivity contribution in [3.05, 3.63) is 47.7 Å². The Morgan fingerprint density at radius 2 is 1.68 bits per heavy atom. The van der Waals surface area contributed by atoms with Gasteiger partial charge in [-0.05, 0) is 12.8 Å². The van der Waals surface area contributed by atoms with Crippen molar-refractivity contribution in [3.63, 3.8) is 0 Å². The van der Waals surface area contributed by atoms with Crippen LogP contribution in [0.5, 0.6) is 0 Å². The Morgan fingerprint density at radius 1 is 1.00 bits per heavy atom. The first-order valence-electron chi connectivity index (χ1n) is 8.75. The Balaban J connectivity index is 1.76. The first-order valence-corrected chi connectivity index (χ1v) is 8.75. The van der Waals surface area contributed by atoms with Gasteiger partial charge in [-0.15, -0.1) is 0 Å². The molecule has 0 spiro atoms. The summed E-state index contributed by atoms with van der Waals surface area (Å²) in [6.45, 7) is 8.23. The zero-order valence-electron chi connectivity index (χ0n) is 14.1. The van der Waals surface area contributed by atoms with Crippen LogP contribution in [-0.2, 0) is 6.54 Å². The van der Waals surface area contributed by atoms with E-state index in [1.807, 2.05) is 0 Å². The van der Waals surface area contributed by atoms with Crippen molar-refractivity contribution >= 4 is 6.21 Å². The summed E-state index contributed by atoms with van der Waals surface area (Å²) in [6.07, 6.45) is 11.3. The third-order valence-corrected chi connectivity index (χ3v) is 5.05. The SMILES string of the molecule is CC1(C)CC(N2CCCCCC2)=CC=[N+]1Cc1ccccc1. The van der Waals surface area contributed by atoms with E-state index in [-0.39, 0.29) is 5.54 Å². The number of benzene rings is 1. The van der Waals surface area contributed by atoms with Gasteiger partial charge in [-0.1, -0.05) is 43.2 Å². The van der Waals surface area contributed by atoms with E-state index in [1.54, 1.807) is 0 Å². The highest BCUT2D eigenvalue weighted by molar-refractivity contribution is 5.68. The second kappa shape index (κ2) is 6.68. The fraction of sp³-hybridized carbons (Fsp3) is 0.550. The molecule has 0 N–H and O–H groups in total. The normalized spacial score (nSPS) is 21.8. The smallest absolute Gasteiger partial charge is 0.168 e. The standard InChI is InChI=1S/C20H29N2/c1-20(2)16-19(21-13-8-3-4-9-14-21)12-15-22(20)17-18-10-6-5-7-11-18/h5-7,10-12,15H,3-4,8-9,13-14,16-17H2,1-2H3/q+1. The van der Waals surface area contributed by atoms with E-state index < -0.39 is 0 Å². The van der Waals surface area contributed by atoms with Gasteiger partial charge in [-0.25, -0.2) is 4.58 Å². The third kappa shape index (κ3) is 3.60. The van der Waals surface area contributed by atoms with Crippen molar-refractivity contribution in [1.29, 1.82) is 0 Å². The third-order valence-electron chi connectivity index (χ3n) is 5.05. The lowest BCUT2D eigenvalue weighted by Gasteiger charge is -2.33. The molecule has 22 heavy (non-hydrogen) atoms. The summed E-state index contributed by atoms with van der Waals surface area (Å²) < 4.78 is 2.49. The molecule has 1 aromatic carbocycles. The molecule has 2 aliphatic heterocycles. The molecule has 0 saturated carbocycles. The highest BCUT2D eigenvalue weighted by Crippen LogP contribution is 2.28. The molecule has 0 radical (unpaired) electrons. The Kier molecular flexibility index (Phi) is 4.66. The molecular formula is C20H29N2+. The first-order chi connectivity index (χ1) is 10.6. The number of nitrogens with zero attached hydrogens (tertiary/aromatic N) is 2. The number of hydrogen-bond donors (Lipinski definition) is 0. The van der Waals surface area contributed by atoms with E-state index >= 15 is 0 Å². The van der Waals surface area contributed by atoms with Crippen LogP contribution >= 0.6 is 0 Å².